The van der Waals surface area contributed by atoms with E-state index in [1.165, 1.54) is 0 Å². The van der Waals surface area contributed by atoms with Gasteiger partial charge < -0.3 is 0 Å². The fraction of sp³-hybridized carbons (Fsp3) is 0.750. The molecule has 0 nitrogen and oxygen atoms in total. The normalized spacial score (nSPS) is 36.9. The number of alkyl halides is 1. The molecule has 1 heteroatoms. The molecule has 1 aliphatic rings. The number of hydrogen-bond acceptors (Lipinski definition) is 0. The van der Waals surface area contributed by atoms with Crippen LogP contribution in [0.2, 0.25) is 0 Å². The van der Waals surface area contributed by atoms with Crippen LogP contribution in [0.4, 0.5) is 4.39 Å². The summed E-state index contributed by atoms with van der Waals surface area (Å²) < 4.78 is 12.5. The minimum Gasteiger partial charge on any atom is -0.247 e. The molecule has 1 saturated carbocycles. The number of hydrogen-bond donors (Lipinski definition) is 0. The molecule has 0 spiro atoms. The first kappa shape index (κ1) is 6.79. The van der Waals surface area contributed by atoms with Crippen LogP contribution in [0.15, 0.2) is 12.2 Å². The second-order valence-electron chi connectivity index (χ2n) is 2.94. The van der Waals surface area contributed by atoms with Crippen molar-refractivity contribution in [3.8, 4) is 0 Å². The van der Waals surface area contributed by atoms with Crippen LogP contribution in [0.3, 0.4) is 0 Å². The molecule has 0 N–H and O–H groups in total. The third-order valence-electron chi connectivity index (χ3n) is 2.09. The van der Waals surface area contributed by atoms with Crippen molar-refractivity contribution in [2.24, 2.45) is 5.92 Å². The summed E-state index contributed by atoms with van der Waals surface area (Å²) in [6.45, 7) is 5.92. The first-order chi connectivity index (χ1) is 4.20. The maximum atomic E-state index is 12.5. The quantitative estimate of drug-likeness (QED) is 0.440. The molecule has 0 aliphatic heterocycles. The molecule has 0 aromatic rings. The van der Waals surface area contributed by atoms with Gasteiger partial charge in [-0.25, -0.2) is 4.39 Å². The van der Waals surface area contributed by atoms with E-state index in [2.05, 4.69) is 13.5 Å². The zero-order chi connectivity index (χ0) is 6.85. The van der Waals surface area contributed by atoms with Gasteiger partial charge in [0.15, 0.2) is 0 Å². The van der Waals surface area contributed by atoms with Gasteiger partial charge in [-0.3, -0.25) is 0 Å². The maximum absolute atomic E-state index is 12.5. The van der Waals surface area contributed by atoms with Crippen molar-refractivity contribution < 1.29 is 4.39 Å². The Bertz CT molecular complexity index is 118. The third-order valence-corrected chi connectivity index (χ3v) is 2.09. The molecular formula is C8H13F. The van der Waals surface area contributed by atoms with Crippen LogP contribution in [0.25, 0.3) is 0 Å². The SMILES string of the molecule is C=C1CC(F)CCC1C. The monoisotopic (exact) mass is 128 g/mol. The molecule has 1 aliphatic carbocycles. The van der Waals surface area contributed by atoms with Crippen LogP contribution >= 0.6 is 0 Å². The summed E-state index contributed by atoms with van der Waals surface area (Å²) in [6, 6.07) is 0. The van der Waals surface area contributed by atoms with Gasteiger partial charge in [0.1, 0.15) is 6.17 Å². The maximum Gasteiger partial charge on any atom is 0.104 e. The average Bonchev–Trinajstić information content (AvgIpc) is 1.80. The van der Waals surface area contributed by atoms with Gasteiger partial charge in [0.25, 0.3) is 0 Å². The molecule has 2 unspecified atom stereocenters. The lowest BCUT2D eigenvalue weighted by Crippen LogP contribution is -2.14. The molecular weight excluding hydrogens is 115 g/mol. The molecule has 1 rings (SSSR count). The Morgan fingerprint density at radius 3 is 2.67 bits per heavy atom. The van der Waals surface area contributed by atoms with Crippen molar-refractivity contribution >= 4 is 0 Å². The lowest BCUT2D eigenvalue weighted by Gasteiger charge is -2.23. The Morgan fingerprint density at radius 1 is 1.56 bits per heavy atom. The van der Waals surface area contributed by atoms with Gasteiger partial charge in [0.05, 0.1) is 0 Å². The van der Waals surface area contributed by atoms with E-state index < -0.39 is 6.17 Å². The van der Waals surface area contributed by atoms with Gasteiger partial charge in [-0.1, -0.05) is 19.1 Å². The standard InChI is InChI=1S/C8H13F/c1-6-3-4-8(9)5-7(6)2/h6,8H,2-5H2,1H3. The predicted molar refractivity (Wildman–Crippen MR) is 37.1 cm³/mol. The fourth-order valence-electron chi connectivity index (χ4n) is 1.22. The highest BCUT2D eigenvalue weighted by Gasteiger charge is 2.19. The molecule has 0 saturated heterocycles. The third kappa shape index (κ3) is 1.54. The zero-order valence-corrected chi connectivity index (χ0v) is 5.86. The molecule has 0 aromatic heterocycles. The van der Waals surface area contributed by atoms with Crippen molar-refractivity contribution in [1.82, 2.24) is 0 Å². The summed E-state index contributed by atoms with van der Waals surface area (Å²) >= 11 is 0. The minimum atomic E-state index is -0.603. The molecule has 0 bridgehead atoms. The fourth-order valence-corrected chi connectivity index (χ4v) is 1.22. The Morgan fingerprint density at radius 2 is 2.22 bits per heavy atom. The van der Waals surface area contributed by atoms with E-state index in [1.807, 2.05) is 0 Å². The van der Waals surface area contributed by atoms with E-state index in [9.17, 15) is 4.39 Å². The summed E-state index contributed by atoms with van der Waals surface area (Å²) in [5.74, 6) is 0.553. The molecule has 0 aromatic carbocycles. The van der Waals surface area contributed by atoms with Crippen LogP contribution in [0, 0.1) is 5.92 Å². The Balaban J connectivity index is 2.44. The van der Waals surface area contributed by atoms with Crippen LogP contribution in [-0.4, -0.2) is 6.17 Å². The molecule has 0 amide bonds. The lowest BCUT2D eigenvalue weighted by atomic mass is 9.86. The zero-order valence-electron chi connectivity index (χ0n) is 5.86. The molecule has 52 valence electrons. The summed E-state index contributed by atoms with van der Waals surface area (Å²) in [4.78, 5) is 0. The average molecular weight is 128 g/mol. The summed E-state index contributed by atoms with van der Waals surface area (Å²) in [6.07, 6.45) is 1.72. The molecule has 2 atom stereocenters. The van der Waals surface area contributed by atoms with Crippen LogP contribution < -0.4 is 0 Å². The molecule has 9 heavy (non-hydrogen) atoms. The molecule has 0 radical (unpaired) electrons. The first-order valence-corrected chi connectivity index (χ1v) is 3.52. The second kappa shape index (κ2) is 2.51. The first-order valence-electron chi connectivity index (χ1n) is 3.52. The van der Waals surface area contributed by atoms with E-state index in [1.54, 1.807) is 0 Å². The highest BCUT2D eigenvalue weighted by Crippen LogP contribution is 2.29. The Labute approximate surface area is 55.8 Å². The smallest absolute Gasteiger partial charge is 0.104 e. The molecule has 1 fully saturated rings. The number of halogens is 1. The number of allylic oxidation sites excluding steroid dienone is 1. The van der Waals surface area contributed by atoms with Gasteiger partial charge in [0, 0.05) is 0 Å². The van der Waals surface area contributed by atoms with Crippen molar-refractivity contribution in [2.45, 2.75) is 32.4 Å². The van der Waals surface area contributed by atoms with Crippen LogP contribution in [0.5, 0.6) is 0 Å². The van der Waals surface area contributed by atoms with Crippen molar-refractivity contribution in [1.29, 1.82) is 0 Å². The Kier molecular flexibility index (Phi) is 1.89. The van der Waals surface area contributed by atoms with Crippen LogP contribution in [-0.2, 0) is 0 Å². The van der Waals surface area contributed by atoms with Gasteiger partial charge in [0.2, 0.25) is 0 Å². The Hall–Kier alpha value is -0.330. The van der Waals surface area contributed by atoms with Crippen LogP contribution in [0.1, 0.15) is 26.2 Å². The van der Waals surface area contributed by atoms with E-state index in [4.69, 9.17) is 0 Å². The van der Waals surface area contributed by atoms with Crippen molar-refractivity contribution in [2.75, 3.05) is 0 Å². The van der Waals surface area contributed by atoms with Crippen molar-refractivity contribution in [3.05, 3.63) is 12.2 Å². The van der Waals surface area contributed by atoms with Gasteiger partial charge in [-0.15, -0.1) is 0 Å². The van der Waals surface area contributed by atoms with E-state index in [0.717, 1.165) is 18.4 Å². The van der Waals surface area contributed by atoms with Gasteiger partial charge >= 0.3 is 0 Å². The van der Waals surface area contributed by atoms with Gasteiger partial charge in [-0.2, -0.15) is 0 Å². The van der Waals surface area contributed by atoms with E-state index >= 15 is 0 Å². The lowest BCUT2D eigenvalue weighted by molar-refractivity contribution is 0.260. The van der Waals surface area contributed by atoms with Crippen molar-refractivity contribution in [3.63, 3.8) is 0 Å². The van der Waals surface area contributed by atoms with E-state index in [0.29, 0.717) is 12.3 Å². The number of rotatable bonds is 0. The largest absolute Gasteiger partial charge is 0.247 e. The summed E-state index contributed by atoms with van der Waals surface area (Å²) in [5, 5.41) is 0. The topological polar surface area (TPSA) is 0 Å². The summed E-state index contributed by atoms with van der Waals surface area (Å²) in [7, 11) is 0. The summed E-state index contributed by atoms with van der Waals surface area (Å²) in [5.41, 5.74) is 1.09. The minimum absolute atomic E-state index is 0.553. The van der Waals surface area contributed by atoms with E-state index in [-0.39, 0.29) is 0 Å². The van der Waals surface area contributed by atoms with Gasteiger partial charge in [-0.05, 0) is 25.2 Å². The molecule has 0 heterocycles. The predicted octanol–water partition coefficient (Wildman–Crippen LogP) is 2.70. The highest BCUT2D eigenvalue weighted by atomic mass is 19.1. The second-order valence-corrected chi connectivity index (χ2v) is 2.94. The highest BCUT2D eigenvalue weighted by molar-refractivity contribution is 5.04.